The van der Waals surface area contributed by atoms with E-state index in [0.717, 1.165) is 28.9 Å². The predicted molar refractivity (Wildman–Crippen MR) is 118 cm³/mol. The molecule has 4 nitrogen and oxygen atoms in total. The molecule has 1 amide bonds. The first-order valence-corrected chi connectivity index (χ1v) is 10.5. The van der Waals surface area contributed by atoms with Crippen LogP contribution in [0, 0.1) is 0 Å². The van der Waals surface area contributed by atoms with Crippen LogP contribution in [-0.4, -0.2) is 10.5 Å². The molecule has 0 aliphatic carbocycles. The average Bonchev–Trinajstić information content (AvgIpc) is 3.05. The summed E-state index contributed by atoms with van der Waals surface area (Å²) in [5, 5.41) is 0.675. The van der Waals surface area contributed by atoms with Crippen molar-refractivity contribution in [3.05, 3.63) is 88.2 Å². The molecule has 0 atom stereocenters. The second kappa shape index (κ2) is 8.64. The Morgan fingerprint density at radius 2 is 1.76 bits per heavy atom. The number of amides is 1. The van der Waals surface area contributed by atoms with Crippen LogP contribution < -0.4 is 9.54 Å². The van der Waals surface area contributed by atoms with Crippen LogP contribution in [0.1, 0.15) is 23.7 Å². The lowest BCUT2D eigenvalue weighted by Crippen LogP contribution is -2.16. The smallest absolute Gasteiger partial charge is 0.279 e. The zero-order chi connectivity index (χ0) is 20.2. The van der Waals surface area contributed by atoms with Crippen molar-refractivity contribution in [2.24, 2.45) is 4.99 Å². The Bertz CT molecular complexity index is 1210. The van der Waals surface area contributed by atoms with Crippen molar-refractivity contribution in [3.63, 3.8) is 0 Å². The van der Waals surface area contributed by atoms with Crippen molar-refractivity contribution in [2.75, 3.05) is 0 Å². The van der Waals surface area contributed by atoms with Gasteiger partial charge in [0.25, 0.3) is 5.91 Å². The van der Waals surface area contributed by atoms with Gasteiger partial charge in [-0.15, -0.1) is 0 Å². The molecule has 1 aromatic heterocycles. The van der Waals surface area contributed by atoms with Crippen LogP contribution in [0.2, 0.25) is 5.02 Å². The molecule has 0 N–H and O–H groups in total. The highest BCUT2D eigenvalue weighted by Gasteiger charge is 2.10. The molecule has 0 radical (unpaired) electrons. The molecule has 0 saturated carbocycles. The summed E-state index contributed by atoms with van der Waals surface area (Å²) >= 11 is 7.59. The summed E-state index contributed by atoms with van der Waals surface area (Å²) in [7, 11) is 0. The number of fused-ring (bicyclic) bond motifs is 1. The lowest BCUT2D eigenvalue weighted by molar-refractivity contribution is 0.0998. The number of halogens is 1. The Morgan fingerprint density at radius 1 is 1.03 bits per heavy atom. The summed E-state index contributed by atoms with van der Waals surface area (Å²) in [6.45, 7) is 2.89. The van der Waals surface area contributed by atoms with Gasteiger partial charge in [0.2, 0.25) is 0 Å². The summed E-state index contributed by atoms with van der Waals surface area (Å²) in [5.74, 6) is 1.14. The van der Waals surface area contributed by atoms with Crippen molar-refractivity contribution < 1.29 is 9.53 Å². The number of hydrogen-bond donors (Lipinski definition) is 0. The number of benzene rings is 3. The Hall–Kier alpha value is -2.89. The molecule has 0 saturated heterocycles. The van der Waals surface area contributed by atoms with Crippen molar-refractivity contribution in [1.82, 2.24) is 4.57 Å². The topological polar surface area (TPSA) is 43.6 Å². The van der Waals surface area contributed by atoms with Crippen molar-refractivity contribution in [3.8, 4) is 11.5 Å². The Balaban J connectivity index is 1.63. The fraction of sp³-hybridized carbons (Fsp3) is 0.130. The number of para-hydroxylation sites is 1. The van der Waals surface area contributed by atoms with Crippen molar-refractivity contribution in [1.29, 1.82) is 0 Å². The number of aryl methyl sites for hydroxylation is 1. The molecular formula is C23H19ClN2O2S. The fourth-order valence-corrected chi connectivity index (χ4v) is 4.34. The van der Waals surface area contributed by atoms with E-state index < -0.39 is 0 Å². The summed E-state index contributed by atoms with van der Waals surface area (Å²) in [6.07, 6.45) is 0.946. The third-order valence-electron chi connectivity index (χ3n) is 4.37. The molecule has 0 unspecified atom stereocenters. The van der Waals surface area contributed by atoms with Crippen LogP contribution in [0.15, 0.2) is 77.8 Å². The van der Waals surface area contributed by atoms with Gasteiger partial charge in [-0.3, -0.25) is 4.79 Å². The van der Waals surface area contributed by atoms with E-state index in [1.807, 2.05) is 48.5 Å². The maximum absolute atomic E-state index is 12.7. The van der Waals surface area contributed by atoms with Gasteiger partial charge in [0, 0.05) is 17.1 Å². The monoisotopic (exact) mass is 422 g/mol. The zero-order valence-electron chi connectivity index (χ0n) is 15.8. The van der Waals surface area contributed by atoms with Crippen LogP contribution in [0.3, 0.4) is 0 Å². The van der Waals surface area contributed by atoms with Crippen LogP contribution in [-0.2, 0) is 6.54 Å². The van der Waals surface area contributed by atoms with Crippen molar-refractivity contribution in [2.45, 2.75) is 19.9 Å². The maximum Gasteiger partial charge on any atom is 0.279 e. The molecule has 0 aliphatic rings. The summed E-state index contributed by atoms with van der Waals surface area (Å²) < 4.78 is 8.87. The van der Waals surface area contributed by atoms with Crippen LogP contribution >= 0.6 is 22.9 Å². The number of carbonyl (C=O) groups excluding carboxylic acids is 1. The van der Waals surface area contributed by atoms with E-state index in [9.17, 15) is 4.79 Å². The molecule has 0 fully saturated rings. The van der Waals surface area contributed by atoms with E-state index in [1.54, 1.807) is 24.3 Å². The third-order valence-corrected chi connectivity index (χ3v) is 5.65. The predicted octanol–water partition coefficient (Wildman–Crippen LogP) is 6.30. The van der Waals surface area contributed by atoms with Gasteiger partial charge in [-0.25, -0.2) is 0 Å². The largest absolute Gasteiger partial charge is 0.457 e. The number of thiazole rings is 1. The van der Waals surface area contributed by atoms with Crippen LogP contribution in [0.4, 0.5) is 0 Å². The lowest BCUT2D eigenvalue weighted by atomic mass is 10.2. The van der Waals surface area contributed by atoms with Gasteiger partial charge in [-0.05, 0) is 61.0 Å². The van der Waals surface area contributed by atoms with Gasteiger partial charge in [-0.1, -0.05) is 48.1 Å². The molecule has 1 heterocycles. The molecule has 0 spiro atoms. The number of rotatable bonds is 5. The highest BCUT2D eigenvalue weighted by molar-refractivity contribution is 7.16. The number of carbonyl (C=O) groups is 1. The van der Waals surface area contributed by atoms with E-state index in [0.29, 0.717) is 21.1 Å². The SMILES string of the molecule is CCCn1c(=NC(=O)c2ccc(Oc3ccccc3)cc2)sc2cc(Cl)ccc21. The maximum atomic E-state index is 12.7. The molecule has 4 rings (SSSR count). The summed E-state index contributed by atoms with van der Waals surface area (Å²) in [5.41, 5.74) is 1.56. The molecule has 4 aromatic rings. The minimum atomic E-state index is -0.279. The first kappa shape index (κ1) is 19.4. The van der Waals surface area contributed by atoms with E-state index >= 15 is 0 Å². The number of ether oxygens (including phenoxy) is 1. The van der Waals surface area contributed by atoms with E-state index in [-0.39, 0.29) is 5.91 Å². The molecule has 29 heavy (non-hydrogen) atoms. The third kappa shape index (κ3) is 4.42. The first-order valence-electron chi connectivity index (χ1n) is 9.35. The minimum absolute atomic E-state index is 0.279. The molecule has 146 valence electrons. The normalized spacial score (nSPS) is 11.7. The molecule has 3 aromatic carbocycles. The second-order valence-electron chi connectivity index (χ2n) is 6.50. The number of nitrogens with zero attached hydrogens (tertiary/aromatic N) is 2. The lowest BCUT2D eigenvalue weighted by Gasteiger charge is -2.05. The average molecular weight is 423 g/mol. The van der Waals surface area contributed by atoms with Gasteiger partial charge in [-0.2, -0.15) is 4.99 Å². The van der Waals surface area contributed by atoms with Gasteiger partial charge < -0.3 is 9.30 Å². The van der Waals surface area contributed by atoms with Gasteiger partial charge in [0.05, 0.1) is 10.2 Å². The Labute approximate surface area is 177 Å². The summed E-state index contributed by atoms with van der Waals surface area (Å²) in [6, 6.07) is 22.3. The number of aromatic nitrogens is 1. The van der Waals surface area contributed by atoms with Gasteiger partial charge in [0.1, 0.15) is 11.5 Å². The summed E-state index contributed by atoms with van der Waals surface area (Å²) in [4.78, 5) is 17.8. The molecule has 0 aliphatic heterocycles. The van der Waals surface area contributed by atoms with Crippen LogP contribution in [0.5, 0.6) is 11.5 Å². The Morgan fingerprint density at radius 3 is 2.48 bits per heavy atom. The molecular weight excluding hydrogens is 404 g/mol. The molecule has 6 heteroatoms. The van der Waals surface area contributed by atoms with Gasteiger partial charge >= 0.3 is 0 Å². The standard InChI is InChI=1S/C23H19ClN2O2S/c1-2-14-26-20-13-10-17(24)15-21(20)29-23(26)25-22(27)16-8-11-19(12-9-16)28-18-6-4-3-5-7-18/h3-13,15H,2,14H2,1H3. The second-order valence-corrected chi connectivity index (χ2v) is 7.95. The highest BCUT2D eigenvalue weighted by Crippen LogP contribution is 2.23. The van der Waals surface area contributed by atoms with E-state index in [4.69, 9.17) is 16.3 Å². The first-order chi connectivity index (χ1) is 14.1. The highest BCUT2D eigenvalue weighted by atomic mass is 35.5. The minimum Gasteiger partial charge on any atom is -0.457 e. The number of hydrogen-bond acceptors (Lipinski definition) is 3. The molecule has 0 bridgehead atoms. The van der Waals surface area contributed by atoms with E-state index in [2.05, 4.69) is 16.5 Å². The fourth-order valence-electron chi connectivity index (χ4n) is 3.01. The van der Waals surface area contributed by atoms with Crippen LogP contribution in [0.25, 0.3) is 10.2 Å². The van der Waals surface area contributed by atoms with Gasteiger partial charge in [0.15, 0.2) is 4.80 Å². The quantitative estimate of drug-likeness (QED) is 0.378. The van der Waals surface area contributed by atoms with E-state index in [1.165, 1.54) is 11.3 Å². The Kier molecular flexibility index (Phi) is 5.79. The van der Waals surface area contributed by atoms with Crippen molar-refractivity contribution >= 4 is 39.1 Å². The zero-order valence-corrected chi connectivity index (χ0v) is 17.4.